The highest BCUT2D eigenvalue weighted by Crippen LogP contribution is 2.25. The molecule has 0 spiro atoms. The second-order valence-electron chi connectivity index (χ2n) is 8.55. The van der Waals surface area contributed by atoms with Gasteiger partial charge < -0.3 is 9.47 Å². The standard InChI is InChI=1S/C27H24ClNO3/c1-27(2,3)32-26(30)21-6-4-5-18(15-21)17-31-23-12-14-25-20(16-23)9-13-24(29-25)19-7-10-22(28)11-8-19/h4-16H,17H2,1-3H3. The van der Waals surface area contributed by atoms with E-state index in [9.17, 15) is 4.79 Å². The quantitative estimate of drug-likeness (QED) is 0.308. The fourth-order valence-corrected chi connectivity index (χ4v) is 3.39. The molecule has 4 rings (SSSR count). The molecular formula is C27H24ClNO3. The van der Waals surface area contributed by atoms with Crippen LogP contribution in [-0.4, -0.2) is 16.6 Å². The third-order valence-corrected chi connectivity index (χ3v) is 5.02. The van der Waals surface area contributed by atoms with Gasteiger partial charge in [-0.3, -0.25) is 0 Å². The molecule has 0 aliphatic rings. The average molecular weight is 446 g/mol. The summed E-state index contributed by atoms with van der Waals surface area (Å²) in [5.41, 5.74) is 3.67. The lowest BCUT2D eigenvalue weighted by Crippen LogP contribution is -2.23. The molecule has 4 nitrogen and oxygen atoms in total. The first kappa shape index (κ1) is 21.8. The Balaban J connectivity index is 1.47. The first-order valence-corrected chi connectivity index (χ1v) is 10.8. The summed E-state index contributed by atoms with van der Waals surface area (Å²) in [6, 6.07) is 24.8. The number of carbonyl (C=O) groups is 1. The van der Waals surface area contributed by atoms with Crippen LogP contribution in [0.4, 0.5) is 0 Å². The molecule has 4 aromatic rings. The van der Waals surface area contributed by atoms with E-state index < -0.39 is 5.60 Å². The molecule has 0 amide bonds. The summed E-state index contributed by atoms with van der Waals surface area (Å²) >= 11 is 5.98. The fraction of sp³-hybridized carbons (Fsp3) is 0.185. The molecular weight excluding hydrogens is 422 g/mol. The molecule has 0 N–H and O–H groups in total. The maximum atomic E-state index is 12.3. The maximum absolute atomic E-state index is 12.3. The van der Waals surface area contributed by atoms with Crippen LogP contribution in [0.2, 0.25) is 5.02 Å². The van der Waals surface area contributed by atoms with E-state index in [-0.39, 0.29) is 5.97 Å². The molecule has 3 aromatic carbocycles. The van der Waals surface area contributed by atoms with Gasteiger partial charge in [0.15, 0.2) is 0 Å². The van der Waals surface area contributed by atoms with Crippen molar-refractivity contribution in [2.75, 3.05) is 0 Å². The number of aromatic nitrogens is 1. The van der Waals surface area contributed by atoms with E-state index in [1.54, 1.807) is 12.1 Å². The Morgan fingerprint density at radius 2 is 1.72 bits per heavy atom. The number of benzene rings is 3. The molecule has 32 heavy (non-hydrogen) atoms. The zero-order valence-corrected chi connectivity index (χ0v) is 19.0. The number of halogens is 1. The first-order valence-electron chi connectivity index (χ1n) is 10.4. The number of carbonyl (C=O) groups excluding carboxylic acids is 1. The maximum Gasteiger partial charge on any atom is 0.338 e. The van der Waals surface area contributed by atoms with Crippen LogP contribution in [0.1, 0.15) is 36.7 Å². The van der Waals surface area contributed by atoms with Crippen molar-refractivity contribution in [1.82, 2.24) is 4.98 Å². The highest BCUT2D eigenvalue weighted by atomic mass is 35.5. The van der Waals surface area contributed by atoms with Crippen molar-refractivity contribution in [3.63, 3.8) is 0 Å². The molecule has 0 aliphatic heterocycles. The Morgan fingerprint density at radius 3 is 2.47 bits per heavy atom. The third-order valence-electron chi connectivity index (χ3n) is 4.77. The van der Waals surface area contributed by atoms with Crippen molar-refractivity contribution in [1.29, 1.82) is 0 Å². The normalized spacial score (nSPS) is 11.4. The van der Waals surface area contributed by atoms with Gasteiger partial charge in [-0.15, -0.1) is 0 Å². The lowest BCUT2D eigenvalue weighted by atomic mass is 10.1. The van der Waals surface area contributed by atoms with Crippen molar-refractivity contribution in [3.8, 4) is 17.0 Å². The minimum absolute atomic E-state index is 0.340. The van der Waals surface area contributed by atoms with Crippen molar-refractivity contribution < 1.29 is 14.3 Å². The molecule has 162 valence electrons. The largest absolute Gasteiger partial charge is 0.489 e. The summed E-state index contributed by atoms with van der Waals surface area (Å²) in [6.45, 7) is 5.90. The van der Waals surface area contributed by atoms with Gasteiger partial charge in [-0.25, -0.2) is 9.78 Å². The molecule has 0 atom stereocenters. The van der Waals surface area contributed by atoms with Crippen molar-refractivity contribution in [2.45, 2.75) is 33.0 Å². The Kier molecular flexibility index (Phi) is 6.15. The van der Waals surface area contributed by atoms with Gasteiger partial charge in [0.2, 0.25) is 0 Å². The second kappa shape index (κ2) is 9.01. The topological polar surface area (TPSA) is 48.4 Å². The molecule has 0 radical (unpaired) electrons. The number of nitrogens with zero attached hydrogens (tertiary/aromatic N) is 1. The lowest BCUT2D eigenvalue weighted by Gasteiger charge is -2.19. The fourth-order valence-electron chi connectivity index (χ4n) is 3.27. The lowest BCUT2D eigenvalue weighted by molar-refractivity contribution is 0.00693. The van der Waals surface area contributed by atoms with Crippen molar-refractivity contribution in [3.05, 3.63) is 95.0 Å². The van der Waals surface area contributed by atoms with Crippen LogP contribution in [0.25, 0.3) is 22.2 Å². The Bertz CT molecular complexity index is 1260. The molecule has 0 saturated carbocycles. The van der Waals surface area contributed by atoms with Gasteiger partial charge in [-0.2, -0.15) is 0 Å². The van der Waals surface area contributed by atoms with Crippen LogP contribution in [0.15, 0.2) is 78.9 Å². The van der Waals surface area contributed by atoms with Gasteiger partial charge in [0.1, 0.15) is 18.0 Å². The van der Waals surface area contributed by atoms with E-state index in [1.807, 2.05) is 87.5 Å². The summed E-state index contributed by atoms with van der Waals surface area (Å²) in [6.07, 6.45) is 0. The molecule has 0 bridgehead atoms. The molecule has 1 heterocycles. The van der Waals surface area contributed by atoms with Crippen molar-refractivity contribution in [2.24, 2.45) is 0 Å². The molecule has 0 fully saturated rings. The second-order valence-corrected chi connectivity index (χ2v) is 8.99. The third kappa shape index (κ3) is 5.45. The number of hydrogen-bond acceptors (Lipinski definition) is 4. The number of pyridine rings is 1. The van der Waals surface area contributed by atoms with E-state index in [0.717, 1.165) is 33.5 Å². The van der Waals surface area contributed by atoms with Crippen LogP contribution in [-0.2, 0) is 11.3 Å². The van der Waals surface area contributed by atoms with E-state index in [0.29, 0.717) is 17.2 Å². The number of rotatable bonds is 5. The minimum atomic E-state index is -0.532. The molecule has 5 heteroatoms. The highest BCUT2D eigenvalue weighted by Gasteiger charge is 2.18. The van der Waals surface area contributed by atoms with Crippen LogP contribution in [0.3, 0.4) is 0 Å². The number of esters is 1. The summed E-state index contributed by atoms with van der Waals surface area (Å²) in [7, 11) is 0. The van der Waals surface area contributed by atoms with Gasteiger partial charge in [0.05, 0.1) is 16.8 Å². The van der Waals surface area contributed by atoms with Crippen molar-refractivity contribution >= 4 is 28.5 Å². The van der Waals surface area contributed by atoms with E-state index in [1.165, 1.54) is 0 Å². The van der Waals surface area contributed by atoms with Gasteiger partial charge in [0, 0.05) is 16.0 Å². The van der Waals surface area contributed by atoms with Crippen LogP contribution < -0.4 is 4.74 Å². The average Bonchev–Trinajstić information content (AvgIpc) is 2.77. The Hall–Kier alpha value is -3.37. The predicted molar refractivity (Wildman–Crippen MR) is 128 cm³/mol. The minimum Gasteiger partial charge on any atom is -0.489 e. The first-order chi connectivity index (χ1) is 15.3. The summed E-state index contributed by atoms with van der Waals surface area (Å²) in [5, 5.41) is 1.69. The summed E-state index contributed by atoms with van der Waals surface area (Å²) in [5.74, 6) is 0.397. The Labute approximate surface area is 192 Å². The Morgan fingerprint density at radius 1 is 0.938 bits per heavy atom. The highest BCUT2D eigenvalue weighted by molar-refractivity contribution is 6.30. The molecule has 0 unspecified atom stereocenters. The number of fused-ring (bicyclic) bond motifs is 1. The molecule has 0 aliphatic carbocycles. The van der Waals surface area contributed by atoms with Gasteiger partial charge >= 0.3 is 5.97 Å². The van der Waals surface area contributed by atoms with Gasteiger partial charge in [0.25, 0.3) is 0 Å². The SMILES string of the molecule is CC(C)(C)OC(=O)c1cccc(COc2ccc3nc(-c4ccc(Cl)cc4)ccc3c2)c1. The van der Waals surface area contributed by atoms with Crippen LogP contribution in [0, 0.1) is 0 Å². The predicted octanol–water partition coefficient (Wildman–Crippen LogP) is 7.09. The van der Waals surface area contributed by atoms with Gasteiger partial charge in [-0.1, -0.05) is 41.9 Å². The van der Waals surface area contributed by atoms with E-state index in [4.69, 9.17) is 26.1 Å². The number of ether oxygens (including phenoxy) is 2. The number of hydrogen-bond donors (Lipinski definition) is 0. The zero-order chi connectivity index (χ0) is 22.7. The zero-order valence-electron chi connectivity index (χ0n) is 18.3. The van der Waals surface area contributed by atoms with Crippen LogP contribution in [0.5, 0.6) is 5.75 Å². The van der Waals surface area contributed by atoms with E-state index >= 15 is 0 Å². The summed E-state index contributed by atoms with van der Waals surface area (Å²) < 4.78 is 11.4. The van der Waals surface area contributed by atoms with E-state index in [2.05, 4.69) is 0 Å². The summed E-state index contributed by atoms with van der Waals surface area (Å²) in [4.78, 5) is 17.0. The van der Waals surface area contributed by atoms with Crippen LogP contribution >= 0.6 is 11.6 Å². The van der Waals surface area contributed by atoms with Gasteiger partial charge in [-0.05, 0) is 74.9 Å². The molecule has 0 saturated heterocycles. The smallest absolute Gasteiger partial charge is 0.338 e. The molecule has 1 aromatic heterocycles. The monoisotopic (exact) mass is 445 g/mol.